The zero-order chi connectivity index (χ0) is 12.4. The fourth-order valence-electron chi connectivity index (χ4n) is 2.15. The van der Waals surface area contributed by atoms with Crippen LogP contribution in [0.1, 0.15) is 49.7 Å². The highest BCUT2D eigenvalue weighted by molar-refractivity contribution is 7.15. The summed E-state index contributed by atoms with van der Waals surface area (Å²) in [6.07, 6.45) is 4.63. The fourth-order valence-corrected chi connectivity index (χ4v) is 3.29. The van der Waals surface area contributed by atoms with Crippen molar-refractivity contribution in [1.29, 1.82) is 0 Å². The lowest BCUT2D eigenvalue weighted by atomic mass is 9.99. The molecule has 1 atom stereocenters. The number of hydrogen-bond donors (Lipinski definition) is 1. The first kappa shape index (κ1) is 12.8. The summed E-state index contributed by atoms with van der Waals surface area (Å²) in [6, 6.07) is 0.225. The van der Waals surface area contributed by atoms with Crippen LogP contribution in [0, 0.1) is 5.92 Å². The Morgan fingerprint density at radius 1 is 1.53 bits per heavy atom. The quantitative estimate of drug-likeness (QED) is 0.897. The van der Waals surface area contributed by atoms with Crippen molar-refractivity contribution < 1.29 is 0 Å². The van der Waals surface area contributed by atoms with Crippen LogP contribution in [0.25, 0.3) is 0 Å². The van der Waals surface area contributed by atoms with Crippen LogP contribution in [0.15, 0.2) is 0 Å². The van der Waals surface area contributed by atoms with Gasteiger partial charge in [0, 0.05) is 24.5 Å². The molecule has 1 aliphatic rings. The molecule has 2 N–H and O–H groups in total. The van der Waals surface area contributed by atoms with Crippen molar-refractivity contribution in [2.24, 2.45) is 11.7 Å². The van der Waals surface area contributed by atoms with Gasteiger partial charge < -0.3 is 10.6 Å². The van der Waals surface area contributed by atoms with Crippen LogP contribution >= 0.6 is 11.3 Å². The minimum absolute atomic E-state index is 0.225. The molecule has 1 unspecified atom stereocenters. The second kappa shape index (κ2) is 5.36. The fraction of sp³-hybridized carbons (Fsp3) is 0.769. The van der Waals surface area contributed by atoms with Gasteiger partial charge in [-0.05, 0) is 31.6 Å². The number of anilines is 1. The van der Waals surface area contributed by atoms with Gasteiger partial charge in [0.25, 0.3) is 0 Å². The third-order valence-electron chi connectivity index (χ3n) is 3.35. The van der Waals surface area contributed by atoms with E-state index in [1.165, 1.54) is 23.4 Å². The molecule has 0 saturated carbocycles. The first-order valence-electron chi connectivity index (χ1n) is 6.54. The number of nitrogens with zero attached hydrogens (tertiary/aromatic N) is 2. The van der Waals surface area contributed by atoms with Gasteiger partial charge in [-0.15, -0.1) is 11.3 Å². The number of rotatable bonds is 4. The molecule has 17 heavy (non-hydrogen) atoms. The van der Waals surface area contributed by atoms with Gasteiger partial charge in [0.1, 0.15) is 0 Å². The van der Waals surface area contributed by atoms with Crippen molar-refractivity contribution >= 4 is 16.5 Å². The van der Waals surface area contributed by atoms with Crippen molar-refractivity contribution in [2.75, 3.05) is 18.5 Å². The molecule has 0 spiro atoms. The zero-order valence-electron chi connectivity index (χ0n) is 11.1. The summed E-state index contributed by atoms with van der Waals surface area (Å²) in [7, 11) is 2.14. The van der Waals surface area contributed by atoms with Crippen LogP contribution in [-0.4, -0.2) is 18.6 Å². The molecule has 0 saturated heterocycles. The third-order valence-corrected chi connectivity index (χ3v) is 4.69. The minimum Gasteiger partial charge on any atom is -0.351 e. The molecule has 1 heterocycles. The Hall–Kier alpha value is -0.610. The van der Waals surface area contributed by atoms with Crippen molar-refractivity contribution in [3.8, 4) is 0 Å². The van der Waals surface area contributed by atoms with Gasteiger partial charge in [-0.2, -0.15) is 0 Å². The monoisotopic (exact) mass is 253 g/mol. The van der Waals surface area contributed by atoms with E-state index in [1.807, 2.05) is 0 Å². The molecule has 96 valence electrons. The van der Waals surface area contributed by atoms with E-state index in [4.69, 9.17) is 10.7 Å². The first-order valence-corrected chi connectivity index (χ1v) is 7.36. The van der Waals surface area contributed by atoms with E-state index >= 15 is 0 Å². The van der Waals surface area contributed by atoms with E-state index in [-0.39, 0.29) is 6.04 Å². The van der Waals surface area contributed by atoms with Crippen LogP contribution in [0.2, 0.25) is 0 Å². The van der Waals surface area contributed by atoms with Crippen LogP contribution < -0.4 is 10.6 Å². The van der Waals surface area contributed by atoms with Gasteiger partial charge in [-0.25, -0.2) is 4.98 Å². The number of hydrogen-bond acceptors (Lipinski definition) is 4. The lowest BCUT2D eigenvalue weighted by molar-refractivity contribution is 0.572. The maximum Gasteiger partial charge on any atom is 0.185 e. The van der Waals surface area contributed by atoms with E-state index in [0.717, 1.165) is 30.4 Å². The van der Waals surface area contributed by atoms with Gasteiger partial charge in [0.2, 0.25) is 0 Å². The first-order chi connectivity index (χ1) is 8.08. The molecule has 2 rings (SSSR count). The standard InChI is InChI=1S/C13H23N3S/c1-9(2)7-8-16(3)13-15-11-6-4-5-10(14)12(11)17-13/h9-10H,4-8,14H2,1-3H3. The molecule has 0 aromatic carbocycles. The van der Waals surface area contributed by atoms with Crippen molar-refractivity contribution in [1.82, 2.24) is 4.98 Å². The minimum atomic E-state index is 0.225. The molecule has 0 aliphatic heterocycles. The average molecular weight is 253 g/mol. The summed E-state index contributed by atoms with van der Waals surface area (Å²) < 4.78 is 0. The van der Waals surface area contributed by atoms with Gasteiger partial charge in [-0.1, -0.05) is 13.8 Å². The maximum absolute atomic E-state index is 6.13. The van der Waals surface area contributed by atoms with Gasteiger partial charge >= 0.3 is 0 Å². The summed E-state index contributed by atoms with van der Waals surface area (Å²) in [6.45, 7) is 5.60. The van der Waals surface area contributed by atoms with Crippen LogP contribution in [0.3, 0.4) is 0 Å². The summed E-state index contributed by atoms with van der Waals surface area (Å²) in [5.74, 6) is 0.745. The highest BCUT2D eigenvalue weighted by Gasteiger charge is 2.22. The number of fused-ring (bicyclic) bond motifs is 1. The largest absolute Gasteiger partial charge is 0.351 e. The third kappa shape index (κ3) is 2.99. The normalized spacial score (nSPS) is 19.5. The predicted molar refractivity (Wildman–Crippen MR) is 74.7 cm³/mol. The van der Waals surface area contributed by atoms with Crippen LogP contribution in [0.5, 0.6) is 0 Å². The second-order valence-electron chi connectivity index (χ2n) is 5.41. The SMILES string of the molecule is CC(C)CCN(C)c1nc2c(s1)C(N)CCC2. The van der Waals surface area contributed by atoms with Gasteiger partial charge in [0.05, 0.1) is 5.69 Å². The lowest BCUT2D eigenvalue weighted by Gasteiger charge is -2.16. The summed E-state index contributed by atoms with van der Waals surface area (Å²) >= 11 is 1.79. The summed E-state index contributed by atoms with van der Waals surface area (Å²) in [5.41, 5.74) is 7.38. The van der Waals surface area contributed by atoms with E-state index < -0.39 is 0 Å². The Morgan fingerprint density at radius 2 is 2.29 bits per heavy atom. The topological polar surface area (TPSA) is 42.2 Å². The lowest BCUT2D eigenvalue weighted by Crippen LogP contribution is -2.19. The van der Waals surface area contributed by atoms with E-state index in [1.54, 1.807) is 11.3 Å². The molecule has 1 aromatic rings. The molecule has 0 fully saturated rings. The molecule has 0 amide bonds. The molecular weight excluding hydrogens is 230 g/mol. The number of nitrogens with two attached hydrogens (primary N) is 1. The van der Waals surface area contributed by atoms with E-state index in [0.29, 0.717) is 0 Å². The molecular formula is C13H23N3S. The van der Waals surface area contributed by atoms with Gasteiger partial charge in [-0.3, -0.25) is 0 Å². The Morgan fingerprint density at radius 3 is 2.94 bits per heavy atom. The van der Waals surface area contributed by atoms with Crippen molar-refractivity contribution in [3.05, 3.63) is 10.6 Å². The van der Waals surface area contributed by atoms with E-state index in [2.05, 4.69) is 25.8 Å². The second-order valence-corrected chi connectivity index (χ2v) is 6.42. The summed E-state index contributed by atoms with van der Waals surface area (Å²) in [5, 5.41) is 1.15. The molecule has 1 aliphatic carbocycles. The predicted octanol–water partition coefficient (Wildman–Crippen LogP) is 2.96. The number of aryl methyl sites for hydroxylation is 1. The highest BCUT2D eigenvalue weighted by atomic mass is 32.1. The van der Waals surface area contributed by atoms with Crippen molar-refractivity contribution in [2.45, 2.75) is 45.6 Å². The smallest absolute Gasteiger partial charge is 0.185 e. The van der Waals surface area contributed by atoms with Crippen LogP contribution in [0.4, 0.5) is 5.13 Å². The average Bonchev–Trinajstić information content (AvgIpc) is 2.71. The molecule has 0 bridgehead atoms. The van der Waals surface area contributed by atoms with Gasteiger partial charge in [0.15, 0.2) is 5.13 Å². The molecule has 4 heteroatoms. The number of thiazole rings is 1. The molecule has 0 radical (unpaired) electrons. The Kier molecular flexibility index (Phi) is 4.05. The Bertz CT molecular complexity index is 373. The highest BCUT2D eigenvalue weighted by Crippen LogP contribution is 2.36. The number of aromatic nitrogens is 1. The summed E-state index contributed by atoms with van der Waals surface area (Å²) in [4.78, 5) is 8.34. The van der Waals surface area contributed by atoms with Crippen LogP contribution in [-0.2, 0) is 6.42 Å². The zero-order valence-corrected chi connectivity index (χ0v) is 11.9. The Labute approximate surface area is 108 Å². The van der Waals surface area contributed by atoms with E-state index in [9.17, 15) is 0 Å². The molecule has 1 aromatic heterocycles. The molecule has 3 nitrogen and oxygen atoms in total. The Balaban J connectivity index is 2.06. The van der Waals surface area contributed by atoms with Crippen molar-refractivity contribution in [3.63, 3.8) is 0 Å². The maximum atomic E-state index is 6.13.